The summed E-state index contributed by atoms with van der Waals surface area (Å²) in [7, 11) is -3.55. The van der Waals surface area contributed by atoms with Crippen LogP contribution in [-0.2, 0) is 14.6 Å². The number of carbonyl (C=O) groups excluding carboxylic acids is 1. The molecule has 1 aromatic heterocycles. The van der Waals surface area contributed by atoms with Gasteiger partial charge in [-0.1, -0.05) is 12.1 Å². The lowest BCUT2D eigenvalue weighted by Crippen LogP contribution is -2.44. The molecule has 0 bridgehead atoms. The summed E-state index contributed by atoms with van der Waals surface area (Å²) in [5.41, 5.74) is 0.764. The minimum atomic E-state index is -3.55. The molecule has 1 aliphatic heterocycles. The number of piperidine rings is 1. The fourth-order valence-corrected chi connectivity index (χ4v) is 4.71. The number of benzene rings is 1. The Morgan fingerprint density at radius 2 is 2.08 bits per heavy atom. The van der Waals surface area contributed by atoms with Crippen LogP contribution in [0.25, 0.3) is 11.0 Å². The Morgan fingerprint density at radius 1 is 1.35 bits per heavy atom. The molecule has 0 radical (unpaired) electrons. The Morgan fingerprint density at radius 3 is 2.77 bits per heavy atom. The first-order chi connectivity index (χ1) is 12.1. The summed E-state index contributed by atoms with van der Waals surface area (Å²) in [5.74, 6) is -0.166. The van der Waals surface area contributed by atoms with Crippen LogP contribution in [0.3, 0.4) is 0 Å². The maximum absolute atomic E-state index is 12.7. The molecule has 8 heteroatoms. The summed E-state index contributed by atoms with van der Waals surface area (Å²) < 4.78 is 30.9. The monoisotopic (exact) mass is 379 g/mol. The van der Waals surface area contributed by atoms with Crippen LogP contribution in [-0.4, -0.2) is 53.8 Å². The van der Waals surface area contributed by atoms with Gasteiger partial charge in [0, 0.05) is 13.1 Å². The molecule has 2 aromatic rings. The number of aromatic amines is 1. The minimum absolute atomic E-state index is 0.00640. The summed E-state index contributed by atoms with van der Waals surface area (Å²) in [6, 6.07) is 7.22. The molecule has 3 rings (SSSR count). The van der Waals surface area contributed by atoms with Crippen molar-refractivity contribution in [2.75, 3.05) is 18.8 Å². The van der Waals surface area contributed by atoms with Crippen LogP contribution in [0.1, 0.15) is 33.6 Å². The topological polar surface area (TPSA) is 92.4 Å². The van der Waals surface area contributed by atoms with Crippen molar-refractivity contribution in [3.05, 3.63) is 24.3 Å². The van der Waals surface area contributed by atoms with E-state index >= 15 is 0 Å². The van der Waals surface area contributed by atoms with Gasteiger partial charge >= 0.3 is 6.09 Å². The van der Waals surface area contributed by atoms with Crippen molar-refractivity contribution in [3.8, 4) is 0 Å². The standard InChI is InChI=1S/C18H25N3O4S/c1-18(2,3)25-17(22)21-10-6-7-13(11-21)12-26(23,24)16-19-14-8-4-5-9-15(14)20-16/h4-5,8-9,13H,6-7,10-12H2,1-3H3,(H,19,20)/t13-/m0/s1. The molecular formula is C18H25N3O4S. The maximum Gasteiger partial charge on any atom is 0.410 e. The lowest BCUT2D eigenvalue weighted by Gasteiger charge is -2.33. The number of aromatic nitrogens is 2. The largest absolute Gasteiger partial charge is 0.444 e. The summed E-state index contributed by atoms with van der Waals surface area (Å²) in [5, 5.41) is -0.00640. The fourth-order valence-electron chi connectivity index (χ4n) is 3.16. The molecule has 1 atom stereocenters. The van der Waals surface area contributed by atoms with Crippen molar-refractivity contribution < 1.29 is 17.9 Å². The number of hydrogen-bond acceptors (Lipinski definition) is 5. The van der Waals surface area contributed by atoms with E-state index in [4.69, 9.17) is 4.74 Å². The van der Waals surface area contributed by atoms with Gasteiger partial charge in [0.25, 0.3) is 0 Å². The second kappa shape index (κ2) is 6.90. The third-order valence-electron chi connectivity index (χ3n) is 4.29. The normalized spacial score (nSPS) is 18.9. The van der Waals surface area contributed by atoms with Crippen LogP contribution < -0.4 is 0 Å². The van der Waals surface area contributed by atoms with Gasteiger partial charge in [0.2, 0.25) is 15.0 Å². The summed E-state index contributed by atoms with van der Waals surface area (Å²) >= 11 is 0. The van der Waals surface area contributed by atoms with Crippen LogP contribution in [0.15, 0.2) is 29.4 Å². The number of amides is 1. The number of nitrogens with one attached hydrogen (secondary N) is 1. The van der Waals surface area contributed by atoms with E-state index in [0.717, 1.165) is 12.8 Å². The van der Waals surface area contributed by atoms with Gasteiger partial charge in [-0.3, -0.25) is 0 Å². The van der Waals surface area contributed by atoms with Gasteiger partial charge in [-0.05, 0) is 51.7 Å². The highest BCUT2D eigenvalue weighted by Crippen LogP contribution is 2.23. The Balaban J connectivity index is 1.70. The predicted molar refractivity (Wildman–Crippen MR) is 98.7 cm³/mol. The molecule has 0 saturated carbocycles. The number of sulfone groups is 1. The zero-order chi connectivity index (χ0) is 18.9. The predicted octanol–water partition coefficient (Wildman–Crippen LogP) is 2.98. The number of H-pyrrole nitrogens is 1. The summed E-state index contributed by atoms with van der Waals surface area (Å²) in [4.78, 5) is 20.9. The number of para-hydroxylation sites is 2. The number of carbonyl (C=O) groups is 1. The molecule has 1 amide bonds. The molecule has 7 nitrogen and oxygen atoms in total. The maximum atomic E-state index is 12.7. The van der Waals surface area contributed by atoms with Crippen molar-refractivity contribution in [1.29, 1.82) is 0 Å². The molecule has 0 spiro atoms. The van der Waals surface area contributed by atoms with Crippen LogP contribution in [0.5, 0.6) is 0 Å². The highest BCUT2D eigenvalue weighted by Gasteiger charge is 2.31. The summed E-state index contributed by atoms with van der Waals surface area (Å²) in [6.45, 7) is 6.43. The van der Waals surface area contributed by atoms with E-state index in [-0.39, 0.29) is 22.9 Å². The first-order valence-electron chi connectivity index (χ1n) is 8.79. The number of nitrogens with zero attached hydrogens (tertiary/aromatic N) is 2. The van der Waals surface area contributed by atoms with Crippen molar-refractivity contribution in [2.45, 2.75) is 44.4 Å². The quantitative estimate of drug-likeness (QED) is 0.885. The number of fused-ring (bicyclic) bond motifs is 1. The Hall–Kier alpha value is -2.09. The average molecular weight is 379 g/mol. The Labute approximate surface area is 153 Å². The lowest BCUT2D eigenvalue weighted by atomic mass is 10.0. The Bertz CT molecular complexity index is 866. The molecule has 0 unspecified atom stereocenters. The van der Waals surface area contributed by atoms with Gasteiger partial charge in [-0.15, -0.1) is 0 Å². The van der Waals surface area contributed by atoms with E-state index in [1.54, 1.807) is 17.0 Å². The highest BCUT2D eigenvalue weighted by atomic mass is 32.2. The number of rotatable bonds is 3. The van der Waals surface area contributed by atoms with Crippen LogP contribution >= 0.6 is 0 Å². The van der Waals surface area contributed by atoms with E-state index in [9.17, 15) is 13.2 Å². The molecule has 0 aliphatic carbocycles. The molecule has 1 aliphatic rings. The zero-order valence-corrected chi connectivity index (χ0v) is 16.2. The number of hydrogen-bond donors (Lipinski definition) is 1. The second-order valence-corrected chi connectivity index (χ2v) is 9.72. The fraction of sp³-hybridized carbons (Fsp3) is 0.556. The van der Waals surface area contributed by atoms with E-state index in [1.807, 2.05) is 32.9 Å². The summed E-state index contributed by atoms with van der Waals surface area (Å²) in [6.07, 6.45) is 1.14. The van der Waals surface area contributed by atoms with Crippen LogP contribution in [0.4, 0.5) is 4.79 Å². The number of likely N-dealkylation sites (tertiary alicyclic amines) is 1. The van der Waals surface area contributed by atoms with Crippen LogP contribution in [0.2, 0.25) is 0 Å². The van der Waals surface area contributed by atoms with Crippen molar-refractivity contribution >= 4 is 27.0 Å². The average Bonchev–Trinajstić information content (AvgIpc) is 2.98. The zero-order valence-electron chi connectivity index (χ0n) is 15.4. The first kappa shape index (κ1) is 18.7. The second-order valence-electron chi connectivity index (χ2n) is 7.78. The van der Waals surface area contributed by atoms with Gasteiger partial charge in [-0.25, -0.2) is 18.2 Å². The highest BCUT2D eigenvalue weighted by molar-refractivity contribution is 7.91. The van der Waals surface area contributed by atoms with E-state index in [2.05, 4.69) is 9.97 Å². The molecule has 1 aromatic carbocycles. The van der Waals surface area contributed by atoms with Crippen molar-refractivity contribution in [3.63, 3.8) is 0 Å². The van der Waals surface area contributed by atoms with E-state index < -0.39 is 15.4 Å². The number of ether oxygens (including phenoxy) is 1. The number of imidazole rings is 1. The molecule has 26 heavy (non-hydrogen) atoms. The van der Waals surface area contributed by atoms with Gasteiger partial charge in [0.15, 0.2) is 0 Å². The van der Waals surface area contributed by atoms with E-state index in [0.29, 0.717) is 24.1 Å². The third-order valence-corrected chi connectivity index (χ3v) is 5.98. The van der Waals surface area contributed by atoms with Gasteiger partial charge in [0.1, 0.15) is 5.60 Å². The minimum Gasteiger partial charge on any atom is -0.444 e. The first-order valence-corrected chi connectivity index (χ1v) is 10.4. The molecule has 1 N–H and O–H groups in total. The third kappa shape index (κ3) is 4.35. The lowest BCUT2D eigenvalue weighted by molar-refractivity contribution is 0.0176. The SMILES string of the molecule is CC(C)(C)OC(=O)N1CCC[C@H](CS(=O)(=O)c2nc3ccccc3[nH]2)C1. The molecule has 2 heterocycles. The van der Waals surface area contributed by atoms with Gasteiger partial charge in [0.05, 0.1) is 16.8 Å². The van der Waals surface area contributed by atoms with Crippen molar-refractivity contribution in [1.82, 2.24) is 14.9 Å². The van der Waals surface area contributed by atoms with Crippen molar-refractivity contribution in [2.24, 2.45) is 5.92 Å². The molecule has 1 saturated heterocycles. The molecular weight excluding hydrogens is 354 g/mol. The van der Waals surface area contributed by atoms with E-state index in [1.165, 1.54) is 0 Å². The van der Waals surface area contributed by atoms with Gasteiger partial charge in [-0.2, -0.15) is 0 Å². The van der Waals surface area contributed by atoms with Crippen LogP contribution in [0, 0.1) is 5.92 Å². The Kier molecular flexibility index (Phi) is 4.96. The molecule has 142 valence electrons. The molecule has 1 fully saturated rings. The smallest absolute Gasteiger partial charge is 0.410 e. The van der Waals surface area contributed by atoms with Gasteiger partial charge < -0.3 is 14.6 Å².